The normalized spacial score (nSPS) is 20.1. The Kier molecular flexibility index (Phi) is 4.19. The van der Waals surface area contributed by atoms with Gasteiger partial charge in [-0.05, 0) is 41.2 Å². The Morgan fingerprint density at radius 1 is 1.00 bits per heavy atom. The number of fused-ring (bicyclic) bond motifs is 1. The molecular formula is C17H23NS. The van der Waals surface area contributed by atoms with E-state index in [4.69, 9.17) is 5.73 Å². The minimum Gasteiger partial charge on any atom is -0.324 e. The van der Waals surface area contributed by atoms with Crippen LogP contribution in [0.5, 0.6) is 0 Å². The lowest BCUT2D eigenvalue weighted by Crippen LogP contribution is -2.22. The fourth-order valence-corrected chi connectivity index (χ4v) is 4.34. The Morgan fingerprint density at radius 2 is 1.74 bits per heavy atom. The summed E-state index contributed by atoms with van der Waals surface area (Å²) in [5, 5.41) is 3.53. The second-order valence-corrected chi connectivity index (χ2v) is 6.73. The summed E-state index contributed by atoms with van der Waals surface area (Å²) in [7, 11) is 0. The molecule has 2 aromatic rings. The molecule has 2 N–H and O–H groups in total. The lowest BCUT2D eigenvalue weighted by Gasteiger charge is -2.26. The predicted octanol–water partition coefficient (Wildman–Crippen LogP) is 5.26. The highest BCUT2D eigenvalue weighted by atomic mass is 32.1. The van der Waals surface area contributed by atoms with E-state index in [1.807, 2.05) is 11.3 Å². The highest BCUT2D eigenvalue weighted by Crippen LogP contribution is 2.36. The van der Waals surface area contributed by atoms with Crippen molar-refractivity contribution >= 4 is 21.4 Å². The van der Waals surface area contributed by atoms with Crippen molar-refractivity contribution in [3.05, 3.63) is 35.2 Å². The number of rotatable bonds is 2. The summed E-state index contributed by atoms with van der Waals surface area (Å²) in [6.07, 6.45) is 9.55. The fourth-order valence-electron chi connectivity index (χ4n) is 3.38. The van der Waals surface area contributed by atoms with Gasteiger partial charge < -0.3 is 5.73 Å². The molecule has 1 nitrogen and oxygen atoms in total. The quantitative estimate of drug-likeness (QED) is 0.793. The largest absolute Gasteiger partial charge is 0.324 e. The molecule has 1 saturated carbocycles. The molecule has 0 amide bonds. The van der Waals surface area contributed by atoms with E-state index in [0.29, 0.717) is 5.92 Å². The molecule has 1 unspecified atom stereocenters. The van der Waals surface area contributed by atoms with Gasteiger partial charge in [0.05, 0.1) is 0 Å². The summed E-state index contributed by atoms with van der Waals surface area (Å²) in [5.74, 6) is 0.674. The van der Waals surface area contributed by atoms with E-state index in [9.17, 15) is 0 Å². The number of hydrogen-bond acceptors (Lipinski definition) is 2. The van der Waals surface area contributed by atoms with Crippen LogP contribution in [-0.2, 0) is 0 Å². The van der Waals surface area contributed by atoms with Gasteiger partial charge in [-0.3, -0.25) is 0 Å². The zero-order valence-electron chi connectivity index (χ0n) is 11.5. The van der Waals surface area contributed by atoms with E-state index in [-0.39, 0.29) is 6.04 Å². The first kappa shape index (κ1) is 13.1. The number of nitrogens with two attached hydrogens (primary N) is 1. The summed E-state index contributed by atoms with van der Waals surface area (Å²) in [5.41, 5.74) is 8.00. The molecule has 1 atom stereocenters. The van der Waals surface area contributed by atoms with Crippen molar-refractivity contribution in [3.8, 4) is 0 Å². The third-order valence-electron chi connectivity index (χ3n) is 4.53. The van der Waals surface area contributed by atoms with Crippen LogP contribution in [0.25, 0.3) is 10.1 Å². The van der Waals surface area contributed by atoms with Crippen molar-refractivity contribution in [2.24, 2.45) is 11.7 Å². The molecule has 3 rings (SSSR count). The van der Waals surface area contributed by atoms with Crippen LogP contribution >= 0.6 is 11.3 Å². The maximum Gasteiger partial charge on any atom is 0.0390 e. The fraction of sp³-hybridized carbons (Fsp3) is 0.529. The molecule has 19 heavy (non-hydrogen) atoms. The van der Waals surface area contributed by atoms with Crippen LogP contribution in [0.4, 0.5) is 0 Å². The zero-order valence-corrected chi connectivity index (χ0v) is 12.3. The van der Waals surface area contributed by atoms with Gasteiger partial charge in [0, 0.05) is 10.7 Å². The molecule has 1 aromatic heterocycles. The molecule has 1 fully saturated rings. The minimum atomic E-state index is 0.223. The van der Waals surface area contributed by atoms with Crippen molar-refractivity contribution < 1.29 is 0 Å². The molecule has 1 aromatic carbocycles. The predicted molar refractivity (Wildman–Crippen MR) is 84.6 cm³/mol. The standard InChI is InChI=1S/C17H23NS/c18-16(13-7-4-2-1-3-5-8-13)15-10-6-9-14-11-12-19-17(14)15/h6,9-13,16H,1-5,7-8,18H2. The van der Waals surface area contributed by atoms with Crippen molar-refractivity contribution in [1.82, 2.24) is 0 Å². The van der Waals surface area contributed by atoms with Crippen molar-refractivity contribution in [2.75, 3.05) is 0 Å². The Bertz CT molecular complexity index is 523. The molecule has 0 aliphatic heterocycles. The van der Waals surface area contributed by atoms with E-state index in [1.54, 1.807) is 0 Å². The molecular weight excluding hydrogens is 250 g/mol. The lowest BCUT2D eigenvalue weighted by atomic mass is 9.83. The maximum absolute atomic E-state index is 6.62. The van der Waals surface area contributed by atoms with Gasteiger partial charge in [-0.2, -0.15) is 0 Å². The van der Waals surface area contributed by atoms with Crippen molar-refractivity contribution in [1.29, 1.82) is 0 Å². The van der Waals surface area contributed by atoms with Crippen LogP contribution in [0, 0.1) is 5.92 Å². The van der Waals surface area contributed by atoms with Gasteiger partial charge in [-0.15, -0.1) is 11.3 Å². The summed E-state index contributed by atoms with van der Waals surface area (Å²) in [4.78, 5) is 0. The van der Waals surface area contributed by atoms with Crippen molar-refractivity contribution in [3.63, 3.8) is 0 Å². The SMILES string of the molecule is NC(c1cccc2ccsc12)C1CCCCCCC1. The average molecular weight is 273 g/mol. The second-order valence-electron chi connectivity index (χ2n) is 5.82. The Morgan fingerprint density at radius 3 is 2.53 bits per heavy atom. The minimum absolute atomic E-state index is 0.223. The van der Waals surface area contributed by atoms with Gasteiger partial charge >= 0.3 is 0 Å². The Labute approximate surface area is 119 Å². The number of thiophene rings is 1. The van der Waals surface area contributed by atoms with Crippen LogP contribution in [0.3, 0.4) is 0 Å². The van der Waals surface area contributed by atoms with E-state index in [2.05, 4.69) is 29.6 Å². The van der Waals surface area contributed by atoms with Crippen LogP contribution < -0.4 is 5.73 Å². The molecule has 0 radical (unpaired) electrons. The number of benzene rings is 1. The first-order chi connectivity index (χ1) is 9.36. The zero-order chi connectivity index (χ0) is 13.1. The van der Waals surface area contributed by atoms with Gasteiger partial charge in [0.1, 0.15) is 0 Å². The smallest absolute Gasteiger partial charge is 0.0390 e. The summed E-state index contributed by atoms with van der Waals surface area (Å²) >= 11 is 1.84. The molecule has 0 spiro atoms. The van der Waals surface area contributed by atoms with Gasteiger partial charge in [0.25, 0.3) is 0 Å². The van der Waals surface area contributed by atoms with Gasteiger partial charge in [0.15, 0.2) is 0 Å². The summed E-state index contributed by atoms with van der Waals surface area (Å²) < 4.78 is 1.40. The lowest BCUT2D eigenvalue weighted by molar-refractivity contribution is 0.329. The highest BCUT2D eigenvalue weighted by molar-refractivity contribution is 7.17. The molecule has 2 heteroatoms. The van der Waals surface area contributed by atoms with E-state index >= 15 is 0 Å². The van der Waals surface area contributed by atoms with E-state index in [1.165, 1.54) is 60.6 Å². The third-order valence-corrected chi connectivity index (χ3v) is 5.51. The van der Waals surface area contributed by atoms with Gasteiger partial charge in [-0.1, -0.05) is 50.3 Å². The Hall–Kier alpha value is -0.860. The third kappa shape index (κ3) is 2.85. The average Bonchev–Trinajstić information content (AvgIpc) is 2.85. The van der Waals surface area contributed by atoms with Gasteiger partial charge in [-0.25, -0.2) is 0 Å². The Balaban J connectivity index is 1.85. The molecule has 0 bridgehead atoms. The summed E-state index contributed by atoms with van der Waals surface area (Å²) in [6, 6.07) is 9.02. The molecule has 1 heterocycles. The maximum atomic E-state index is 6.62. The highest BCUT2D eigenvalue weighted by Gasteiger charge is 2.22. The van der Waals surface area contributed by atoms with Crippen LogP contribution in [0.15, 0.2) is 29.6 Å². The van der Waals surface area contributed by atoms with Crippen molar-refractivity contribution in [2.45, 2.75) is 51.0 Å². The van der Waals surface area contributed by atoms with Crippen LogP contribution in [0.1, 0.15) is 56.6 Å². The molecule has 0 saturated heterocycles. The molecule has 1 aliphatic rings. The van der Waals surface area contributed by atoms with Gasteiger partial charge in [0.2, 0.25) is 0 Å². The van der Waals surface area contributed by atoms with Crippen LogP contribution in [0.2, 0.25) is 0 Å². The monoisotopic (exact) mass is 273 g/mol. The molecule has 1 aliphatic carbocycles. The first-order valence-electron chi connectivity index (χ1n) is 7.58. The number of hydrogen-bond donors (Lipinski definition) is 1. The summed E-state index contributed by atoms with van der Waals surface area (Å²) in [6.45, 7) is 0. The van der Waals surface area contributed by atoms with Crippen LogP contribution in [-0.4, -0.2) is 0 Å². The van der Waals surface area contributed by atoms with E-state index < -0.39 is 0 Å². The first-order valence-corrected chi connectivity index (χ1v) is 8.46. The molecule has 102 valence electrons. The second kappa shape index (κ2) is 6.06. The topological polar surface area (TPSA) is 26.0 Å². The van der Waals surface area contributed by atoms with E-state index in [0.717, 1.165) is 0 Å².